The summed E-state index contributed by atoms with van der Waals surface area (Å²) in [7, 11) is -3.63. The van der Waals surface area contributed by atoms with E-state index in [1.807, 2.05) is 32.0 Å². The summed E-state index contributed by atoms with van der Waals surface area (Å²) in [4.78, 5) is 29.5. The van der Waals surface area contributed by atoms with Gasteiger partial charge in [0.15, 0.2) is 5.13 Å². The van der Waals surface area contributed by atoms with Crippen molar-refractivity contribution in [3.8, 4) is 0 Å². The normalized spacial score (nSPS) is 14.5. The van der Waals surface area contributed by atoms with Crippen LogP contribution in [0.25, 0.3) is 0 Å². The molecule has 0 saturated carbocycles. The Kier molecular flexibility index (Phi) is 7.60. The Morgan fingerprint density at radius 3 is 2.46 bits per heavy atom. The van der Waals surface area contributed by atoms with E-state index in [9.17, 15) is 18.0 Å². The van der Waals surface area contributed by atoms with Crippen LogP contribution in [-0.4, -0.2) is 55.8 Å². The van der Waals surface area contributed by atoms with Crippen LogP contribution in [0.1, 0.15) is 27.2 Å². The van der Waals surface area contributed by atoms with Gasteiger partial charge >= 0.3 is 0 Å². The fraction of sp³-hybridized carbons (Fsp3) is 0.292. The van der Waals surface area contributed by atoms with E-state index in [1.54, 1.807) is 5.38 Å². The second-order valence-corrected chi connectivity index (χ2v) is 11.0. The monoisotopic (exact) mass is 514 g/mol. The number of nitrogens with zero attached hydrogens (tertiary/aromatic N) is 2. The lowest BCUT2D eigenvalue weighted by Crippen LogP contribution is -2.40. The first kappa shape index (κ1) is 25.0. The number of aryl methyl sites for hydroxylation is 2. The molecule has 0 atom stereocenters. The predicted molar refractivity (Wildman–Crippen MR) is 134 cm³/mol. The van der Waals surface area contributed by atoms with E-state index in [2.05, 4.69) is 15.6 Å². The van der Waals surface area contributed by atoms with Crippen LogP contribution < -0.4 is 10.6 Å². The zero-order valence-corrected chi connectivity index (χ0v) is 21.0. The number of carbonyl (C=O) groups is 2. The molecular weight excluding hydrogens is 488 g/mol. The number of morpholine rings is 1. The number of hydrogen-bond donors (Lipinski definition) is 2. The number of hydrogen-bond acceptors (Lipinski definition) is 7. The number of benzene rings is 2. The highest BCUT2D eigenvalue weighted by Crippen LogP contribution is 2.21. The van der Waals surface area contributed by atoms with Gasteiger partial charge in [0.1, 0.15) is 0 Å². The Bertz CT molecular complexity index is 1330. The van der Waals surface area contributed by atoms with E-state index in [0.717, 1.165) is 16.8 Å². The summed E-state index contributed by atoms with van der Waals surface area (Å²) in [6, 6.07) is 11.6. The molecule has 1 fully saturated rings. The van der Waals surface area contributed by atoms with Crippen molar-refractivity contribution in [2.45, 2.75) is 25.2 Å². The van der Waals surface area contributed by atoms with Gasteiger partial charge in [-0.2, -0.15) is 4.31 Å². The molecule has 3 aromatic rings. The minimum absolute atomic E-state index is 0.0772. The first-order valence-corrected chi connectivity index (χ1v) is 13.4. The molecule has 2 aromatic carbocycles. The van der Waals surface area contributed by atoms with E-state index >= 15 is 0 Å². The minimum Gasteiger partial charge on any atom is -0.379 e. The Labute approximate surface area is 208 Å². The maximum atomic E-state index is 12.7. The van der Waals surface area contributed by atoms with E-state index in [0.29, 0.717) is 42.7 Å². The first-order valence-electron chi connectivity index (χ1n) is 11.0. The number of rotatable bonds is 7. The van der Waals surface area contributed by atoms with Gasteiger partial charge in [0, 0.05) is 29.7 Å². The van der Waals surface area contributed by atoms with E-state index in [-0.39, 0.29) is 17.2 Å². The van der Waals surface area contributed by atoms with Gasteiger partial charge in [0.05, 0.1) is 30.2 Å². The van der Waals surface area contributed by atoms with Crippen molar-refractivity contribution in [3.05, 3.63) is 70.2 Å². The van der Waals surface area contributed by atoms with Crippen LogP contribution in [-0.2, 0) is 26.0 Å². The fourth-order valence-corrected chi connectivity index (χ4v) is 5.76. The maximum absolute atomic E-state index is 12.7. The van der Waals surface area contributed by atoms with Crippen molar-refractivity contribution in [2.24, 2.45) is 0 Å². The number of ether oxygens (including phenoxy) is 1. The Balaban J connectivity index is 1.35. The standard InChI is InChI=1S/C24H26N4O5S2/c1-16-3-8-21(17(2)13-16)26-22(29)14-19-15-34-24(25-19)27-23(30)18-4-6-20(7-5-18)35(31,32)28-9-11-33-12-10-28/h3-8,13,15H,9-12,14H2,1-2H3,(H,26,29)(H,25,27,30). The molecule has 0 bridgehead atoms. The van der Waals surface area contributed by atoms with Gasteiger partial charge in [-0.3, -0.25) is 14.9 Å². The highest BCUT2D eigenvalue weighted by atomic mass is 32.2. The summed E-state index contributed by atoms with van der Waals surface area (Å²) < 4.78 is 32.0. The van der Waals surface area contributed by atoms with Crippen LogP contribution in [0, 0.1) is 13.8 Å². The zero-order chi connectivity index (χ0) is 25.0. The van der Waals surface area contributed by atoms with Crippen molar-refractivity contribution in [1.82, 2.24) is 9.29 Å². The highest BCUT2D eigenvalue weighted by molar-refractivity contribution is 7.89. The van der Waals surface area contributed by atoms with E-state index in [4.69, 9.17) is 4.74 Å². The lowest BCUT2D eigenvalue weighted by Gasteiger charge is -2.26. The number of anilines is 2. The molecule has 11 heteroatoms. The van der Waals surface area contributed by atoms with Gasteiger partial charge in [-0.25, -0.2) is 13.4 Å². The van der Waals surface area contributed by atoms with E-state index < -0.39 is 15.9 Å². The van der Waals surface area contributed by atoms with Gasteiger partial charge in [0.2, 0.25) is 15.9 Å². The van der Waals surface area contributed by atoms with Crippen molar-refractivity contribution in [3.63, 3.8) is 0 Å². The molecule has 1 saturated heterocycles. The van der Waals surface area contributed by atoms with Crippen molar-refractivity contribution in [1.29, 1.82) is 0 Å². The second kappa shape index (κ2) is 10.6. The number of aromatic nitrogens is 1. The number of amides is 2. The van der Waals surface area contributed by atoms with Crippen molar-refractivity contribution < 1.29 is 22.7 Å². The van der Waals surface area contributed by atoms with Crippen molar-refractivity contribution >= 4 is 44.0 Å². The molecule has 0 aliphatic carbocycles. The molecular formula is C24H26N4O5S2. The molecule has 2 N–H and O–H groups in total. The summed E-state index contributed by atoms with van der Waals surface area (Å²) in [5.74, 6) is -0.613. The van der Waals surface area contributed by atoms with Gasteiger partial charge in [-0.15, -0.1) is 11.3 Å². The molecule has 2 amide bonds. The molecule has 184 valence electrons. The van der Waals surface area contributed by atoms with Gasteiger partial charge < -0.3 is 10.1 Å². The Morgan fingerprint density at radius 1 is 1.06 bits per heavy atom. The summed E-state index contributed by atoms with van der Waals surface area (Å²) in [5.41, 5.74) is 3.69. The molecule has 2 heterocycles. The highest BCUT2D eigenvalue weighted by Gasteiger charge is 2.26. The molecule has 0 radical (unpaired) electrons. The molecule has 0 spiro atoms. The lowest BCUT2D eigenvalue weighted by molar-refractivity contribution is -0.115. The van der Waals surface area contributed by atoms with Crippen LogP contribution in [0.15, 0.2) is 52.7 Å². The Hall–Kier alpha value is -3.12. The predicted octanol–water partition coefficient (Wildman–Crippen LogP) is 3.21. The Morgan fingerprint density at radius 2 is 1.77 bits per heavy atom. The topological polar surface area (TPSA) is 118 Å². The van der Waals surface area contributed by atoms with Gasteiger partial charge in [-0.1, -0.05) is 17.7 Å². The SMILES string of the molecule is Cc1ccc(NC(=O)Cc2csc(NC(=O)c3ccc(S(=O)(=O)N4CCOCC4)cc3)n2)c(C)c1. The van der Waals surface area contributed by atoms with Crippen LogP contribution >= 0.6 is 11.3 Å². The summed E-state index contributed by atoms with van der Waals surface area (Å²) in [6.45, 7) is 5.26. The number of sulfonamides is 1. The third-order valence-electron chi connectivity index (χ3n) is 5.49. The first-order chi connectivity index (χ1) is 16.7. The lowest BCUT2D eigenvalue weighted by atomic mass is 10.1. The number of nitrogens with one attached hydrogen (secondary N) is 2. The molecule has 35 heavy (non-hydrogen) atoms. The number of thiazole rings is 1. The average Bonchev–Trinajstić information content (AvgIpc) is 3.28. The molecule has 1 aliphatic rings. The summed E-state index contributed by atoms with van der Waals surface area (Å²) >= 11 is 1.21. The third-order valence-corrected chi connectivity index (χ3v) is 8.21. The van der Waals surface area contributed by atoms with Gasteiger partial charge in [0.25, 0.3) is 5.91 Å². The second-order valence-electron chi connectivity index (χ2n) is 8.18. The average molecular weight is 515 g/mol. The van der Waals surface area contributed by atoms with Crippen LogP contribution in [0.4, 0.5) is 10.8 Å². The van der Waals surface area contributed by atoms with Gasteiger partial charge in [-0.05, 0) is 49.7 Å². The van der Waals surface area contributed by atoms with Crippen LogP contribution in [0.5, 0.6) is 0 Å². The fourth-order valence-electron chi connectivity index (χ4n) is 3.64. The number of carbonyl (C=O) groups excluding carboxylic acids is 2. The maximum Gasteiger partial charge on any atom is 0.257 e. The van der Waals surface area contributed by atoms with E-state index in [1.165, 1.54) is 39.9 Å². The minimum atomic E-state index is -3.63. The molecule has 0 unspecified atom stereocenters. The zero-order valence-electron chi connectivity index (χ0n) is 19.4. The van der Waals surface area contributed by atoms with Crippen LogP contribution in [0.2, 0.25) is 0 Å². The molecule has 9 nitrogen and oxygen atoms in total. The largest absolute Gasteiger partial charge is 0.379 e. The summed E-state index contributed by atoms with van der Waals surface area (Å²) in [5, 5.41) is 7.65. The quantitative estimate of drug-likeness (QED) is 0.500. The molecule has 4 rings (SSSR count). The summed E-state index contributed by atoms with van der Waals surface area (Å²) in [6.07, 6.45) is 0.0772. The molecule has 1 aromatic heterocycles. The third kappa shape index (κ3) is 6.12. The van der Waals surface area contributed by atoms with Crippen molar-refractivity contribution in [2.75, 3.05) is 36.9 Å². The molecule has 1 aliphatic heterocycles. The van der Waals surface area contributed by atoms with Crippen LogP contribution in [0.3, 0.4) is 0 Å². The smallest absolute Gasteiger partial charge is 0.257 e.